The molecule has 1 amide bonds. The molecule has 3 atom stereocenters. The molecular weight excluding hydrogens is 150 g/mol. The third-order valence-electron chi connectivity index (χ3n) is 3.95. The van der Waals surface area contributed by atoms with E-state index in [1.54, 1.807) is 0 Å². The lowest BCUT2D eigenvalue weighted by atomic mass is 9.70. The Kier molecular flexibility index (Phi) is 1.51. The Labute approximate surface area is 73.7 Å². The minimum Gasteiger partial charge on any atom is -0.353 e. The van der Waals surface area contributed by atoms with Gasteiger partial charge in [-0.2, -0.15) is 0 Å². The van der Waals surface area contributed by atoms with Gasteiger partial charge in [0.25, 0.3) is 0 Å². The molecule has 68 valence electrons. The minimum atomic E-state index is 0.221. The van der Waals surface area contributed by atoms with Gasteiger partial charge in [-0.05, 0) is 24.2 Å². The van der Waals surface area contributed by atoms with Crippen LogP contribution in [0.25, 0.3) is 0 Å². The first-order valence-electron chi connectivity index (χ1n) is 4.84. The van der Waals surface area contributed by atoms with Crippen LogP contribution < -0.4 is 5.32 Å². The maximum Gasteiger partial charge on any atom is 0.223 e. The van der Waals surface area contributed by atoms with Crippen LogP contribution in [0.4, 0.5) is 0 Å². The summed E-state index contributed by atoms with van der Waals surface area (Å²) in [5.74, 6) is 1.09. The van der Waals surface area contributed by atoms with Gasteiger partial charge in [0, 0.05) is 12.0 Å². The van der Waals surface area contributed by atoms with Crippen molar-refractivity contribution in [3.8, 4) is 0 Å². The molecule has 2 heteroatoms. The van der Waals surface area contributed by atoms with Gasteiger partial charge in [-0.25, -0.2) is 0 Å². The summed E-state index contributed by atoms with van der Waals surface area (Å²) < 4.78 is 0. The zero-order valence-electron chi connectivity index (χ0n) is 8.05. The molecule has 0 spiro atoms. The quantitative estimate of drug-likeness (QED) is 0.583. The molecule has 2 aliphatic rings. The molecule has 0 aromatic carbocycles. The highest BCUT2D eigenvalue weighted by molar-refractivity contribution is 5.80. The van der Waals surface area contributed by atoms with Gasteiger partial charge in [0.05, 0.1) is 0 Å². The first-order chi connectivity index (χ1) is 5.53. The maximum absolute atomic E-state index is 11.4. The molecule has 2 rings (SSSR count). The molecule has 2 nitrogen and oxygen atoms in total. The van der Waals surface area contributed by atoms with E-state index < -0.39 is 0 Å². The second-order valence-corrected chi connectivity index (χ2v) is 4.86. The fourth-order valence-electron chi connectivity index (χ4n) is 2.99. The second kappa shape index (κ2) is 2.24. The van der Waals surface area contributed by atoms with Crippen molar-refractivity contribution in [1.29, 1.82) is 0 Å². The summed E-state index contributed by atoms with van der Waals surface area (Å²) in [5.41, 5.74) is 0.327. The first-order valence-corrected chi connectivity index (χ1v) is 4.84. The Morgan fingerprint density at radius 3 is 2.75 bits per heavy atom. The van der Waals surface area contributed by atoms with E-state index in [0.717, 1.165) is 0 Å². The highest BCUT2D eigenvalue weighted by atomic mass is 16.2. The van der Waals surface area contributed by atoms with Crippen LogP contribution in [-0.4, -0.2) is 11.9 Å². The Bertz CT molecular complexity index is 222. The lowest BCUT2D eigenvalue weighted by molar-refractivity contribution is -0.132. The summed E-state index contributed by atoms with van der Waals surface area (Å²) in [6, 6.07) is 0.436. The van der Waals surface area contributed by atoms with Crippen LogP contribution in [0.3, 0.4) is 0 Å². The van der Waals surface area contributed by atoms with Crippen LogP contribution in [-0.2, 0) is 4.79 Å². The summed E-state index contributed by atoms with van der Waals surface area (Å²) in [5, 5.41) is 3.11. The van der Waals surface area contributed by atoms with Crippen molar-refractivity contribution in [2.24, 2.45) is 17.3 Å². The first kappa shape index (κ1) is 8.09. The molecule has 1 heterocycles. The molecule has 1 unspecified atom stereocenters. The molecule has 12 heavy (non-hydrogen) atoms. The number of carbonyl (C=O) groups is 1. The number of hydrogen-bond acceptors (Lipinski definition) is 1. The second-order valence-electron chi connectivity index (χ2n) is 4.86. The molecule has 2 fully saturated rings. The molecule has 1 N–H and O–H groups in total. The van der Waals surface area contributed by atoms with E-state index in [-0.39, 0.29) is 11.8 Å². The molecule has 0 radical (unpaired) electrons. The van der Waals surface area contributed by atoms with Crippen molar-refractivity contribution in [2.45, 2.75) is 39.7 Å². The third kappa shape index (κ3) is 0.838. The van der Waals surface area contributed by atoms with Crippen molar-refractivity contribution in [3.63, 3.8) is 0 Å². The standard InChI is InChI=1S/C10H17NO/c1-6-7-4-5-8(10(7,2)3)11-9(6)12/h6-8H,4-5H2,1-3H3,(H,11,12)/t6?,7-,8-/m1/s1. The molecule has 1 aliphatic carbocycles. The predicted molar refractivity (Wildman–Crippen MR) is 47.6 cm³/mol. The smallest absolute Gasteiger partial charge is 0.223 e. The van der Waals surface area contributed by atoms with E-state index in [2.05, 4.69) is 26.1 Å². The Hall–Kier alpha value is -0.530. The zero-order valence-corrected chi connectivity index (χ0v) is 8.05. The van der Waals surface area contributed by atoms with E-state index in [1.165, 1.54) is 12.8 Å². The monoisotopic (exact) mass is 167 g/mol. The van der Waals surface area contributed by atoms with Crippen molar-refractivity contribution in [3.05, 3.63) is 0 Å². The van der Waals surface area contributed by atoms with Crippen LogP contribution in [0, 0.1) is 17.3 Å². The largest absolute Gasteiger partial charge is 0.353 e. The van der Waals surface area contributed by atoms with Crippen molar-refractivity contribution in [2.75, 3.05) is 0 Å². The van der Waals surface area contributed by atoms with Gasteiger partial charge in [0.1, 0.15) is 0 Å². The lowest BCUT2D eigenvalue weighted by Crippen LogP contribution is -2.53. The number of nitrogens with one attached hydrogen (secondary N) is 1. The minimum absolute atomic E-state index is 0.221. The fourth-order valence-corrected chi connectivity index (χ4v) is 2.99. The summed E-state index contributed by atoms with van der Waals surface area (Å²) >= 11 is 0. The van der Waals surface area contributed by atoms with Crippen LogP contribution in [0.2, 0.25) is 0 Å². The van der Waals surface area contributed by atoms with Gasteiger partial charge in [-0.15, -0.1) is 0 Å². The van der Waals surface area contributed by atoms with Crippen LogP contribution in [0.15, 0.2) is 0 Å². The van der Waals surface area contributed by atoms with E-state index in [1.807, 2.05) is 0 Å². The van der Waals surface area contributed by atoms with Crippen molar-refractivity contribution >= 4 is 5.91 Å². The van der Waals surface area contributed by atoms with Crippen molar-refractivity contribution < 1.29 is 4.79 Å². The topological polar surface area (TPSA) is 29.1 Å². The van der Waals surface area contributed by atoms with Crippen LogP contribution in [0.5, 0.6) is 0 Å². The zero-order chi connectivity index (χ0) is 8.93. The van der Waals surface area contributed by atoms with Gasteiger partial charge in [0.2, 0.25) is 5.91 Å². The molecule has 0 aromatic rings. The lowest BCUT2D eigenvalue weighted by Gasteiger charge is -2.41. The molecule has 1 saturated carbocycles. The van der Waals surface area contributed by atoms with E-state index >= 15 is 0 Å². The Balaban J connectivity index is 2.31. The Morgan fingerprint density at radius 1 is 1.42 bits per heavy atom. The van der Waals surface area contributed by atoms with Gasteiger partial charge < -0.3 is 5.32 Å². The van der Waals surface area contributed by atoms with Gasteiger partial charge in [-0.3, -0.25) is 4.79 Å². The average Bonchev–Trinajstić information content (AvgIpc) is 2.14. The van der Waals surface area contributed by atoms with Crippen LogP contribution in [0.1, 0.15) is 33.6 Å². The predicted octanol–water partition coefficient (Wildman–Crippen LogP) is 1.56. The number of piperidine rings is 1. The van der Waals surface area contributed by atoms with E-state index in [0.29, 0.717) is 17.4 Å². The van der Waals surface area contributed by atoms with E-state index in [9.17, 15) is 4.79 Å². The van der Waals surface area contributed by atoms with Gasteiger partial charge in [0.15, 0.2) is 0 Å². The van der Waals surface area contributed by atoms with Crippen LogP contribution >= 0.6 is 0 Å². The molecule has 0 aromatic heterocycles. The highest BCUT2D eigenvalue weighted by Gasteiger charge is 2.51. The van der Waals surface area contributed by atoms with Gasteiger partial charge >= 0.3 is 0 Å². The molecule has 1 aliphatic heterocycles. The summed E-state index contributed by atoms with van der Waals surface area (Å²) in [6.07, 6.45) is 2.39. The molecule has 1 saturated heterocycles. The van der Waals surface area contributed by atoms with E-state index in [4.69, 9.17) is 0 Å². The van der Waals surface area contributed by atoms with Gasteiger partial charge in [-0.1, -0.05) is 20.8 Å². The normalized spacial score (nSPS) is 44.2. The Morgan fingerprint density at radius 2 is 2.08 bits per heavy atom. The number of fused-ring (bicyclic) bond motifs is 2. The number of carbonyl (C=O) groups excluding carboxylic acids is 1. The fraction of sp³-hybridized carbons (Fsp3) is 0.900. The number of amides is 1. The number of hydrogen-bond donors (Lipinski definition) is 1. The third-order valence-corrected chi connectivity index (χ3v) is 3.95. The van der Waals surface area contributed by atoms with Crippen molar-refractivity contribution in [1.82, 2.24) is 5.32 Å². The average molecular weight is 167 g/mol. The summed E-state index contributed by atoms with van der Waals surface area (Å²) in [4.78, 5) is 11.4. The SMILES string of the molecule is CC1C(=O)N[C@@H]2CC[C@H]1C2(C)C. The summed E-state index contributed by atoms with van der Waals surface area (Å²) in [6.45, 7) is 6.62. The maximum atomic E-state index is 11.4. The highest BCUT2D eigenvalue weighted by Crippen LogP contribution is 2.49. The number of rotatable bonds is 0. The molecule has 2 bridgehead atoms. The molecular formula is C10H17NO. The summed E-state index contributed by atoms with van der Waals surface area (Å²) in [7, 11) is 0.